The van der Waals surface area contributed by atoms with E-state index in [1.807, 2.05) is 6.07 Å². The van der Waals surface area contributed by atoms with E-state index in [2.05, 4.69) is 10.6 Å². The summed E-state index contributed by atoms with van der Waals surface area (Å²) in [4.78, 5) is 12.4. The fourth-order valence-electron chi connectivity index (χ4n) is 5.38. The summed E-state index contributed by atoms with van der Waals surface area (Å²) in [6, 6.07) is 5.46. The molecule has 0 atom stereocenters. The smallest absolute Gasteiger partial charge is 0.319 e. The minimum absolute atomic E-state index is 0.0777. The second-order valence-corrected chi connectivity index (χ2v) is 7.58. The lowest BCUT2D eigenvalue weighted by atomic mass is 9.53. The molecule has 23 heavy (non-hydrogen) atoms. The maximum Gasteiger partial charge on any atom is 0.319 e. The van der Waals surface area contributed by atoms with E-state index in [4.69, 9.17) is 5.26 Å². The normalized spacial score (nSPS) is 34.0. The summed E-state index contributed by atoms with van der Waals surface area (Å²) in [5.74, 6) is 1.78. The standard InChI is InChI=1S/C18H20FN3O/c19-15-1-2-16(14(6-15)10-20)21-17(23)22-18-7-11-3-12(8-18)5-13(4-11)9-18/h1-2,6,11-13H,3-5,7-9H2,(H2,21,22,23). The Labute approximate surface area is 135 Å². The zero-order valence-corrected chi connectivity index (χ0v) is 12.9. The van der Waals surface area contributed by atoms with E-state index in [1.54, 1.807) is 0 Å². The van der Waals surface area contributed by atoms with Gasteiger partial charge in [-0.25, -0.2) is 9.18 Å². The van der Waals surface area contributed by atoms with Gasteiger partial charge in [-0.15, -0.1) is 0 Å². The van der Waals surface area contributed by atoms with Crippen molar-refractivity contribution < 1.29 is 9.18 Å². The summed E-state index contributed by atoms with van der Waals surface area (Å²) in [5.41, 5.74) is 0.424. The summed E-state index contributed by atoms with van der Waals surface area (Å²) in [7, 11) is 0. The van der Waals surface area contributed by atoms with Gasteiger partial charge in [-0.1, -0.05) is 0 Å². The Hall–Kier alpha value is -2.09. The van der Waals surface area contributed by atoms with E-state index in [-0.39, 0.29) is 17.1 Å². The summed E-state index contributed by atoms with van der Waals surface area (Å²) >= 11 is 0. The number of rotatable bonds is 2. The highest BCUT2D eigenvalue weighted by molar-refractivity contribution is 5.91. The van der Waals surface area contributed by atoms with Gasteiger partial charge in [0.05, 0.1) is 11.3 Å². The first-order chi connectivity index (χ1) is 11.0. The Morgan fingerprint density at radius 1 is 1.17 bits per heavy atom. The third-order valence-corrected chi connectivity index (χ3v) is 5.77. The van der Waals surface area contributed by atoms with Crippen LogP contribution in [0.5, 0.6) is 0 Å². The quantitative estimate of drug-likeness (QED) is 0.872. The molecule has 120 valence electrons. The van der Waals surface area contributed by atoms with E-state index < -0.39 is 5.82 Å². The van der Waals surface area contributed by atoms with Crippen molar-refractivity contribution in [2.75, 3.05) is 5.32 Å². The molecular weight excluding hydrogens is 293 g/mol. The van der Waals surface area contributed by atoms with Gasteiger partial charge >= 0.3 is 6.03 Å². The molecule has 1 aromatic carbocycles. The highest BCUT2D eigenvalue weighted by Gasteiger charge is 2.51. The van der Waals surface area contributed by atoms with Crippen molar-refractivity contribution >= 4 is 11.7 Å². The van der Waals surface area contributed by atoms with Crippen molar-refractivity contribution in [2.45, 2.75) is 44.1 Å². The van der Waals surface area contributed by atoms with Gasteiger partial charge in [0.2, 0.25) is 0 Å². The van der Waals surface area contributed by atoms with Crippen molar-refractivity contribution in [3.63, 3.8) is 0 Å². The van der Waals surface area contributed by atoms with Crippen LogP contribution in [-0.4, -0.2) is 11.6 Å². The summed E-state index contributed by atoms with van der Waals surface area (Å²) in [6.07, 6.45) is 7.17. The lowest BCUT2D eigenvalue weighted by Crippen LogP contribution is -2.60. The highest BCUT2D eigenvalue weighted by Crippen LogP contribution is 2.55. The van der Waals surface area contributed by atoms with Gasteiger partial charge in [-0.05, 0) is 74.5 Å². The van der Waals surface area contributed by atoms with Crippen LogP contribution in [-0.2, 0) is 0 Å². The average Bonchev–Trinajstić information content (AvgIpc) is 2.47. The summed E-state index contributed by atoms with van der Waals surface area (Å²) in [5, 5.41) is 15.0. The number of anilines is 1. The van der Waals surface area contributed by atoms with Gasteiger partial charge in [0.1, 0.15) is 11.9 Å². The number of carbonyl (C=O) groups is 1. The van der Waals surface area contributed by atoms with Gasteiger partial charge in [0, 0.05) is 5.54 Å². The van der Waals surface area contributed by atoms with Crippen molar-refractivity contribution in [3.05, 3.63) is 29.6 Å². The zero-order chi connectivity index (χ0) is 16.0. The van der Waals surface area contributed by atoms with Gasteiger partial charge < -0.3 is 10.6 Å². The lowest BCUT2D eigenvalue weighted by molar-refractivity contribution is -0.0127. The second-order valence-electron chi connectivity index (χ2n) is 7.58. The van der Waals surface area contributed by atoms with Crippen LogP contribution in [0, 0.1) is 34.9 Å². The molecule has 0 heterocycles. The molecule has 0 spiro atoms. The molecule has 0 radical (unpaired) electrons. The number of carbonyl (C=O) groups excluding carboxylic acids is 1. The van der Waals surface area contributed by atoms with Crippen LogP contribution in [0.3, 0.4) is 0 Å². The average molecular weight is 313 g/mol. The first-order valence-corrected chi connectivity index (χ1v) is 8.34. The predicted octanol–water partition coefficient (Wildman–Crippen LogP) is 3.79. The first kappa shape index (κ1) is 14.5. The highest BCUT2D eigenvalue weighted by atomic mass is 19.1. The third-order valence-electron chi connectivity index (χ3n) is 5.77. The molecule has 0 saturated heterocycles. The van der Waals surface area contributed by atoms with Gasteiger partial charge in [0.15, 0.2) is 0 Å². The van der Waals surface area contributed by atoms with Crippen molar-refractivity contribution in [3.8, 4) is 6.07 Å². The van der Waals surface area contributed by atoms with Gasteiger partial charge in [-0.3, -0.25) is 0 Å². The predicted molar refractivity (Wildman–Crippen MR) is 84.2 cm³/mol. The first-order valence-electron chi connectivity index (χ1n) is 8.34. The molecule has 5 heteroatoms. The largest absolute Gasteiger partial charge is 0.332 e. The van der Waals surface area contributed by atoms with Crippen molar-refractivity contribution in [1.82, 2.24) is 5.32 Å². The van der Waals surface area contributed by atoms with E-state index in [0.717, 1.165) is 43.1 Å². The molecule has 4 bridgehead atoms. The molecule has 0 unspecified atom stereocenters. The Morgan fingerprint density at radius 2 is 1.78 bits per heavy atom. The fourth-order valence-corrected chi connectivity index (χ4v) is 5.38. The summed E-state index contributed by atoms with van der Waals surface area (Å²) in [6.45, 7) is 0. The van der Waals surface area contributed by atoms with E-state index >= 15 is 0 Å². The van der Waals surface area contributed by atoms with Gasteiger partial charge in [0.25, 0.3) is 0 Å². The molecule has 4 nitrogen and oxygen atoms in total. The number of hydrogen-bond donors (Lipinski definition) is 2. The Balaban J connectivity index is 1.48. The number of nitrogens with one attached hydrogen (secondary N) is 2. The number of halogens is 1. The van der Waals surface area contributed by atoms with E-state index in [9.17, 15) is 9.18 Å². The second kappa shape index (κ2) is 5.23. The van der Waals surface area contributed by atoms with Crippen LogP contribution in [0.2, 0.25) is 0 Å². The number of nitrogens with zero attached hydrogens (tertiary/aromatic N) is 1. The molecule has 4 fully saturated rings. The summed E-state index contributed by atoms with van der Waals surface area (Å²) < 4.78 is 13.2. The fraction of sp³-hybridized carbons (Fsp3) is 0.556. The van der Waals surface area contributed by atoms with Crippen LogP contribution < -0.4 is 10.6 Å². The molecule has 2 N–H and O–H groups in total. The number of amides is 2. The molecule has 0 aliphatic heterocycles. The Kier molecular flexibility index (Phi) is 3.29. The van der Waals surface area contributed by atoms with Crippen LogP contribution in [0.15, 0.2) is 18.2 Å². The van der Waals surface area contributed by atoms with Crippen LogP contribution in [0.1, 0.15) is 44.1 Å². The van der Waals surface area contributed by atoms with E-state index in [0.29, 0.717) is 5.69 Å². The molecule has 4 aliphatic rings. The maximum absolute atomic E-state index is 13.2. The molecular formula is C18H20FN3O. The van der Waals surface area contributed by atoms with Crippen LogP contribution >= 0.6 is 0 Å². The number of benzene rings is 1. The Bertz CT molecular complexity index is 659. The maximum atomic E-state index is 13.2. The monoisotopic (exact) mass is 313 g/mol. The van der Waals surface area contributed by atoms with Crippen molar-refractivity contribution in [1.29, 1.82) is 5.26 Å². The third kappa shape index (κ3) is 2.67. The Morgan fingerprint density at radius 3 is 2.35 bits per heavy atom. The topological polar surface area (TPSA) is 64.9 Å². The molecule has 5 rings (SSSR count). The lowest BCUT2D eigenvalue weighted by Gasteiger charge is -2.56. The van der Waals surface area contributed by atoms with Crippen LogP contribution in [0.4, 0.5) is 14.9 Å². The number of nitriles is 1. The molecule has 1 aromatic rings. The van der Waals surface area contributed by atoms with Gasteiger partial charge in [-0.2, -0.15) is 5.26 Å². The number of hydrogen-bond acceptors (Lipinski definition) is 2. The zero-order valence-electron chi connectivity index (χ0n) is 12.9. The number of urea groups is 1. The van der Waals surface area contributed by atoms with Crippen LogP contribution in [0.25, 0.3) is 0 Å². The SMILES string of the molecule is N#Cc1cc(F)ccc1NC(=O)NC12CC3CC(CC(C3)C1)C2. The minimum atomic E-state index is -0.478. The van der Waals surface area contributed by atoms with Crippen molar-refractivity contribution in [2.24, 2.45) is 17.8 Å². The minimum Gasteiger partial charge on any atom is -0.332 e. The van der Waals surface area contributed by atoms with E-state index in [1.165, 1.54) is 31.4 Å². The molecule has 2 amide bonds. The molecule has 0 aromatic heterocycles. The molecule has 4 aliphatic carbocycles. The molecule has 4 saturated carbocycles.